The SMILES string of the molecule is CCCNC(=O)CCC(=O)Nc1ccc(N)nc1. The molecule has 18 heavy (non-hydrogen) atoms. The van der Waals surface area contributed by atoms with Crippen LogP contribution in [0.1, 0.15) is 26.2 Å². The minimum atomic E-state index is -0.215. The number of carbonyl (C=O) groups is 2. The molecule has 98 valence electrons. The summed E-state index contributed by atoms with van der Waals surface area (Å²) in [6.45, 7) is 2.61. The van der Waals surface area contributed by atoms with Crippen molar-refractivity contribution in [2.24, 2.45) is 0 Å². The Bertz CT molecular complexity index is 403. The molecular formula is C12H18N4O2. The first-order valence-corrected chi connectivity index (χ1v) is 5.90. The van der Waals surface area contributed by atoms with Crippen molar-refractivity contribution >= 4 is 23.3 Å². The molecule has 0 aliphatic heterocycles. The topological polar surface area (TPSA) is 97.1 Å². The van der Waals surface area contributed by atoms with E-state index < -0.39 is 0 Å². The largest absolute Gasteiger partial charge is 0.384 e. The first-order valence-electron chi connectivity index (χ1n) is 5.90. The van der Waals surface area contributed by atoms with Gasteiger partial charge in [-0.2, -0.15) is 0 Å². The van der Waals surface area contributed by atoms with Gasteiger partial charge < -0.3 is 16.4 Å². The van der Waals surface area contributed by atoms with Gasteiger partial charge in [0.15, 0.2) is 0 Å². The number of hydrogen-bond acceptors (Lipinski definition) is 4. The standard InChI is InChI=1S/C12H18N4O2/c1-2-7-14-11(17)5-6-12(18)16-9-3-4-10(13)15-8-9/h3-4,8H,2,5-7H2,1H3,(H2,13,15)(H,14,17)(H,16,18). The minimum Gasteiger partial charge on any atom is -0.384 e. The van der Waals surface area contributed by atoms with E-state index in [1.165, 1.54) is 6.20 Å². The lowest BCUT2D eigenvalue weighted by atomic mass is 10.2. The molecule has 1 aromatic rings. The number of amides is 2. The summed E-state index contributed by atoms with van der Waals surface area (Å²) in [5, 5.41) is 5.35. The van der Waals surface area contributed by atoms with Crippen molar-refractivity contribution in [3.05, 3.63) is 18.3 Å². The van der Waals surface area contributed by atoms with E-state index in [4.69, 9.17) is 5.73 Å². The van der Waals surface area contributed by atoms with Crippen molar-refractivity contribution in [1.82, 2.24) is 10.3 Å². The number of aromatic nitrogens is 1. The lowest BCUT2D eigenvalue weighted by Gasteiger charge is -2.05. The van der Waals surface area contributed by atoms with Crippen LogP contribution in [-0.2, 0) is 9.59 Å². The molecule has 0 unspecified atom stereocenters. The van der Waals surface area contributed by atoms with Crippen molar-refractivity contribution in [2.45, 2.75) is 26.2 Å². The normalized spacial score (nSPS) is 9.83. The highest BCUT2D eigenvalue weighted by atomic mass is 16.2. The highest BCUT2D eigenvalue weighted by molar-refractivity contribution is 5.93. The molecule has 0 radical (unpaired) electrons. The molecule has 0 bridgehead atoms. The average Bonchev–Trinajstić information content (AvgIpc) is 2.36. The number of hydrogen-bond donors (Lipinski definition) is 3. The third kappa shape index (κ3) is 5.29. The molecule has 6 heteroatoms. The van der Waals surface area contributed by atoms with Crippen LogP contribution in [0.15, 0.2) is 18.3 Å². The van der Waals surface area contributed by atoms with Gasteiger partial charge in [0.2, 0.25) is 11.8 Å². The van der Waals surface area contributed by atoms with Crippen molar-refractivity contribution in [1.29, 1.82) is 0 Å². The predicted molar refractivity (Wildman–Crippen MR) is 69.8 cm³/mol. The van der Waals surface area contributed by atoms with E-state index in [0.717, 1.165) is 6.42 Å². The van der Waals surface area contributed by atoms with Gasteiger partial charge >= 0.3 is 0 Å². The van der Waals surface area contributed by atoms with E-state index in [2.05, 4.69) is 15.6 Å². The molecule has 0 aromatic carbocycles. The Balaban J connectivity index is 2.29. The number of rotatable bonds is 6. The van der Waals surface area contributed by atoms with Crippen LogP contribution in [0.5, 0.6) is 0 Å². The zero-order chi connectivity index (χ0) is 13.4. The molecule has 2 amide bonds. The van der Waals surface area contributed by atoms with Crippen molar-refractivity contribution in [3.8, 4) is 0 Å². The van der Waals surface area contributed by atoms with E-state index >= 15 is 0 Å². The lowest BCUT2D eigenvalue weighted by molar-refractivity contribution is -0.124. The highest BCUT2D eigenvalue weighted by Crippen LogP contribution is 2.07. The van der Waals surface area contributed by atoms with Crippen LogP contribution in [0.4, 0.5) is 11.5 Å². The quantitative estimate of drug-likeness (QED) is 0.699. The number of anilines is 2. The molecule has 0 aliphatic rings. The zero-order valence-corrected chi connectivity index (χ0v) is 10.4. The number of nitrogen functional groups attached to an aromatic ring is 1. The second kappa shape index (κ2) is 7.26. The van der Waals surface area contributed by atoms with Crippen LogP contribution in [0.2, 0.25) is 0 Å². The van der Waals surface area contributed by atoms with Crippen molar-refractivity contribution in [2.75, 3.05) is 17.6 Å². The summed E-state index contributed by atoms with van der Waals surface area (Å²) in [6.07, 6.45) is 2.70. The van der Waals surface area contributed by atoms with Gasteiger partial charge in [-0.25, -0.2) is 4.98 Å². The molecule has 0 saturated carbocycles. The van der Waals surface area contributed by atoms with Gasteiger partial charge in [-0.1, -0.05) is 6.92 Å². The predicted octanol–water partition coefficient (Wildman–Crippen LogP) is 0.909. The molecule has 1 rings (SSSR count). The Morgan fingerprint density at radius 2 is 2.00 bits per heavy atom. The Morgan fingerprint density at radius 3 is 2.61 bits per heavy atom. The summed E-state index contributed by atoms with van der Waals surface area (Å²) in [4.78, 5) is 26.7. The maximum Gasteiger partial charge on any atom is 0.224 e. The maximum atomic E-state index is 11.5. The maximum absolute atomic E-state index is 11.5. The van der Waals surface area contributed by atoms with Gasteiger partial charge in [0.05, 0.1) is 11.9 Å². The Hall–Kier alpha value is -2.11. The molecular weight excluding hydrogens is 232 g/mol. The molecule has 0 spiro atoms. The minimum absolute atomic E-state index is 0.109. The fourth-order valence-electron chi connectivity index (χ4n) is 1.28. The zero-order valence-electron chi connectivity index (χ0n) is 10.4. The summed E-state index contributed by atoms with van der Waals surface area (Å²) in [5.41, 5.74) is 6.00. The molecule has 0 atom stereocenters. The van der Waals surface area contributed by atoms with Gasteiger partial charge in [-0.15, -0.1) is 0 Å². The summed E-state index contributed by atoms with van der Waals surface area (Å²) in [5.74, 6) is 0.0718. The fourth-order valence-corrected chi connectivity index (χ4v) is 1.28. The summed E-state index contributed by atoms with van der Waals surface area (Å²) in [6, 6.07) is 3.26. The summed E-state index contributed by atoms with van der Waals surface area (Å²) in [7, 11) is 0. The Labute approximate surface area is 106 Å². The van der Waals surface area contributed by atoms with E-state index in [1.54, 1.807) is 12.1 Å². The molecule has 1 heterocycles. The van der Waals surface area contributed by atoms with Crippen LogP contribution in [0.25, 0.3) is 0 Å². The van der Waals surface area contributed by atoms with E-state index in [9.17, 15) is 9.59 Å². The molecule has 0 fully saturated rings. The number of nitrogens with one attached hydrogen (secondary N) is 2. The van der Waals surface area contributed by atoms with Gasteiger partial charge in [-0.05, 0) is 18.6 Å². The van der Waals surface area contributed by atoms with Crippen molar-refractivity contribution < 1.29 is 9.59 Å². The number of nitrogens with zero attached hydrogens (tertiary/aromatic N) is 1. The second-order valence-electron chi connectivity index (χ2n) is 3.87. The molecule has 0 saturated heterocycles. The first-order chi connectivity index (χ1) is 8.61. The Morgan fingerprint density at radius 1 is 1.28 bits per heavy atom. The number of nitrogens with two attached hydrogens (primary N) is 1. The third-order valence-corrected chi connectivity index (χ3v) is 2.22. The number of carbonyl (C=O) groups excluding carboxylic acids is 2. The molecule has 0 aliphatic carbocycles. The first kappa shape index (κ1) is 14.0. The third-order valence-electron chi connectivity index (χ3n) is 2.22. The van der Waals surface area contributed by atoms with E-state index in [-0.39, 0.29) is 24.7 Å². The van der Waals surface area contributed by atoms with E-state index in [1.807, 2.05) is 6.92 Å². The average molecular weight is 250 g/mol. The van der Waals surface area contributed by atoms with Crippen molar-refractivity contribution in [3.63, 3.8) is 0 Å². The summed E-state index contributed by atoms with van der Waals surface area (Å²) < 4.78 is 0. The lowest BCUT2D eigenvalue weighted by Crippen LogP contribution is -2.25. The van der Waals surface area contributed by atoms with Crippen LogP contribution in [0.3, 0.4) is 0 Å². The molecule has 1 aromatic heterocycles. The van der Waals surface area contributed by atoms with Gasteiger partial charge in [0, 0.05) is 19.4 Å². The monoisotopic (exact) mass is 250 g/mol. The smallest absolute Gasteiger partial charge is 0.224 e. The van der Waals surface area contributed by atoms with Gasteiger partial charge in [-0.3, -0.25) is 9.59 Å². The fraction of sp³-hybridized carbons (Fsp3) is 0.417. The molecule has 4 N–H and O–H groups in total. The van der Waals surface area contributed by atoms with Crippen LogP contribution >= 0.6 is 0 Å². The summed E-state index contributed by atoms with van der Waals surface area (Å²) >= 11 is 0. The highest BCUT2D eigenvalue weighted by Gasteiger charge is 2.06. The van der Waals surface area contributed by atoms with Crippen LogP contribution in [0, 0.1) is 0 Å². The Kier molecular flexibility index (Phi) is 5.63. The van der Waals surface area contributed by atoms with Gasteiger partial charge in [0.1, 0.15) is 5.82 Å². The molecule has 6 nitrogen and oxygen atoms in total. The van der Waals surface area contributed by atoms with Crippen LogP contribution in [-0.4, -0.2) is 23.3 Å². The van der Waals surface area contributed by atoms with E-state index in [0.29, 0.717) is 18.1 Å². The number of pyridine rings is 1. The second-order valence-corrected chi connectivity index (χ2v) is 3.87. The van der Waals surface area contributed by atoms with Crippen LogP contribution < -0.4 is 16.4 Å². The van der Waals surface area contributed by atoms with Gasteiger partial charge in [0.25, 0.3) is 0 Å².